The lowest BCUT2D eigenvalue weighted by Gasteiger charge is -2.36. The molecule has 1 aliphatic heterocycles. The van der Waals surface area contributed by atoms with Crippen molar-refractivity contribution in [3.05, 3.63) is 76.7 Å². The molecule has 0 spiro atoms. The largest absolute Gasteiger partial charge is 0.366 e. The predicted octanol–water partition coefficient (Wildman–Crippen LogP) is 5.56. The van der Waals surface area contributed by atoms with Gasteiger partial charge in [0.2, 0.25) is 0 Å². The number of nitrogens with zero attached hydrogens (tertiary/aromatic N) is 4. The molecule has 3 heterocycles. The molecule has 2 aromatic carbocycles. The Kier molecular flexibility index (Phi) is 6.03. The number of para-hydroxylation sites is 1. The van der Waals surface area contributed by atoms with E-state index in [1.807, 2.05) is 40.1 Å². The number of carbonyl (C=O) groups is 1. The van der Waals surface area contributed by atoms with Crippen LogP contribution in [0.4, 0.5) is 10.1 Å². The number of halogens is 1. The number of benzene rings is 2. The first-order valence-electron chi connectivity index (χ1n) is 10.8. The molecule has 5 nitrogen and oxygen atoms in total. The zero-order valence-electron chi connectivity index (χ0n) is 18.4. The number of rotatable bonds is 4. The molecule has 0 atom stereocenters. The van der Waals surface area contributed by atoms with Gasteiger partial charge in [0.05, 0.1) is 11.3 Å². The maximum atomic E-state index is 14.2. The van der Waals surface area contributed by atoms with Crippen LogP contribution in [0.1, 0.15) is 20.8 Å². The fourth-order valence-corrected chi connectivity index (χ4v) is 6.23. The molecular weight excluding hydrogens is 455 g/mol. The van der Waals surface area contributed by atoms with Gasteiger partial charge in [-0.3, -0.25) is 4.79 Å². The summed E-state index contributed by atoms with van der Waals surface area (Å²) in [6, 6.07) is 14.5. The van der Waals surface area contributed by atoms with E-state index in [0.717, 1.165) is 20.1 Å². The number of anilines is 1. The average molecular weight is 479 g/mol. The smallest absolute Gasteiger partial charge is 0.255 e. The van der Waals surface area contributed by atoms with Crippen LogP contribution in [0.25, 0.3) is 10.2 Å². The molecule has 1 saturated heterocycles. The average Bonchev–Trinajstić information content (AvgIpc) is 3.14. The molecule has 0 aliphatic carbocycles. The molecule has 5 rings (SSSR count). The van der Waals surface area contributed by atoms with Gasteiger partial charge in [-0.1, -0.05) is 36.0 Å². The fraction of sp³-hybridized carbons (Fsp3) is 0.240. The van der Waals surface area contributed by atoms with E-state index in [1.54, 1.807) is 29.8 Å². The summed E-state index contributed by atoms with van der Waals surface area (Å²) in [4.78, 5) is 29.3. The topological polar surface area (TPSA) is 49.3 Å². The molecule has 0 saturated carbocycles. The van der Waals surface area contributed by atoms with Gasteiger partial charge in [-0.05, 0) is 43.7 Å². The van der Waals surface area contributed by atoms with Crippen molar-refractivity contribution in [2.24, 2.45) is 0 Å². The highest BCUT2D eigenvalue weighted by atomic mass is 32.2. The summed E-state index contributed by atoms with van der Waals surface area (Å²) in [6.45, 7) is 6.48. The van der Waals surface area contributed by atoms with Crippen molar-refractivity contribution < 1.29 is 9.18 Å². The van der Waals surface area contributed by atoms with Crippen LogP contribution in [0, 0.1) is 19.7 Å². The summed E-state index contributed by atoms with van der Waals surface area (Å²) < 4.78 is 14.2. The van der Waals surface area contributed by atoms with Crippen LogP contribution in [-0.2, 0) is 0 Å². The van der Waals surface area contributed by atoms with Crippen molar-refractivity contribution in [2.45, 2.75) is 23.8 Å². The van der Waals surface area contributed by atoms with E-state index in [1.165, 1.54) is 28.3 Å². The minimum atomic E-state index is -0.228. The second-order valence-corrected chi connectivity index (χ2v) is 10.2. The Bertz CT molecular complexity index is 1330. The van der Waals surface area contributed by atoms with E-state index in [0.29, 0.717) is 37.4 Å². The number of aryl methyl sites for hydroxylation is 2. The first-order valence-corrected chi connectivity index (χ1v) is 12.4. The minimum Gasteiger partial charge on any atom is -0.366 e. The number of hydrogen-bond donors (Lipinski definition) is 0. The van der Waals surface area contributed by atoms with Crippen LogP contribution in [0.15, 0.2) is 64.8 Å². The Morgan fingerprint density at radius 2 is 1.73 bits per heavy atom. The van der Waals surface area contributed by atoms with Crippen molar-refractivity contribution >= 4 is 44.9 Å². The molecular formula is C25H23FN4OS2. The van der Waals surface area contributed by atoms with E-state index in [2.05, 4.69) is 23.8 Å². The molecule has 0 radical (unpaired) electrons. The predicted molar refractivity (Wildman–Crippen MR) is 132 cm³/mol. The van der Waals surface area contributed by atoms with Gasteiger partial charge >= 0.3 is 0 Å². The third-order valence-corrected chi connectivity index (χ3v) is 8.21. The lowest BCUT2D eigenvalue weighted by molar-refractivity contribution is 0.0743. The van der Waals surface area contributed by atoms with Crippen molar-refractivity contribution in [3.63, 3.8) is 0 Å². The standard InChI is InChI=1S/C25H23FN4OS2/c1-16-17(2)32-23-22(16)24(28-15-27-23)33-21-10-6-3-7-18(21)25(31)30-13-11-29(12-14-30)20-9-5-4-8-19(20)26/h3-10,15H,11-14H2,1-2H3. The molecule has 0 N–H and O–H groups in total. The Morgan fingerprint density at radius 3 is 2.52 bits per heavy atom. The number of piperazine rings is 1. The third-order valence-electron chi connectivity index (χ3n) is 6.01. The van der Waals surface area contributed by atoms with Gasteiger partial charge in [0, 0.05) is 41.3 Å². The molecule has 2 aromatic heterocycles. The molecule has 1 amide bonds. The maximum absolute atomic E-state index is 14.2. The van der Waals surface area contributed by atoms with Crippen LogP contribution < -0.4 is 4.90 Å². The van der Waals surface area contributed by atoms with Gasteiger partial charge in [0.1, 0.15) is 22.0 Å². The normalized spacial score (nSPS) is 14.2. The molecule has 1 aliphatic rings. The van der Waals surface area contributed by atoms with Gasteiger partial charge in [0.25, 0.3) is 5.91 Å². The van der Waals surface area contributed by atoms with Crippen LogP contribution in [-0.4, -0.2) is 47.0 Å². The molecule has 33 heavy (non-hydrogen) atoms. The quantitative estimate of drug-likeness (QED) is 0.360. The van der Waals surface area contributed by atoms with Gasteiger partial charge < -0.3 is 9.80 Å². The zero-order chi connectivity index (χ0) is 22.9. The van der Waals surface area contributed by atoms with Crippen LogP contribution >= 0.6 is 23.1 Å². The van der Waals surface area contributed by atoms with Crippen LogP contribution in [0.2, 0.25) is 0 Å². The molecule has 0 unspecified atom stereocenters. The van der Waals surface area contributed by atoms with Crippen LogP contribution in [0.3, 0.4) is 0 Å². The minimum absolute atomic E-state index is 0.00481. The first kappa shape index (κ1) is 21.9. The summed E-state index contributed by atoms with van der Waals surface area (Å²) in [5.41, 5.74) is 2.44. The summed E-state index contributed by atoms with van der Waals surface area (Å²) in [7, 11) is 0. The number of amides is 1. The van der Waals surface area contributed by atoms with E-state index < -0.39 is 0 Å². The highest BCUT2D eigenvalue weighted by Gasteiger charge is 2.25. The monoisotopic (exact) mass is 478 g/mol. The van der Waals surface area contributed by atoms with Crippen LogP contribution in [0.5, 0.6) is 0 Å². The number of fused-ring (bicyclic) bond motifs is 1. The molecule has 0 bridgehead atoms. The zero-order valence-corrected chi connectivity index (χ0v) is 20.0. The van der Waals surface area contributed by atoms with Gasteiger partial charge in [0.15, 0.2) is 0 Å². The van der Waals surface area contributed by atoms with Crippen molar-refractivity contribution in [1.82, 2.24) is 14.9 Å². The fourth-order valence-electron chi connectivity index (χ4n) is 4.09. The summed E-state index contributed by atoms with van der Waals surface area (Å²) in [5, 5.41) is 1.93. The summed E-state index contributed by atoms with van der Waals surface area (Å²) in [6.07, 6.45) is 1.59. The Morgan fingerprint density at radius 1 is 1.00 bits per heavy atom. The molecule has 168 valence electrons. The Labute approximate surface area is 200 Å². The first-order chi connectivity index (χ1) is 16.0. The summed E-state index contributed by atoms with van der Waals surface area (Å²) >= 11 is 3.18. The summed E-state index contributed by atoms with van der Waals surface area (Å²) in [5.74, 6) is -0.232. The molecule has 1 fully saturated rings. The van der Waals surface area contributed by atoms with Gasteiger partial charge in [-0.25, -0.2) is 14.4 Å². The van der Waals surface area contributed by atoms with Crippen molar-refractivity contribution in [1.29, 1.82) is 0 Å². The lowest BCUT2D eigenvalue weighted by Crippen LogP contribution is -2.49. The SMILES string of the molecule is Cc1sc2ncnc(Sc3ccccc3C(=O)N3CCN(c4ccccc4F)CC3)c2c1C. The number of aromatic nitrogens is 2. The second-order valence-electron chi connectivity index (χ2n) is 7.97. The Balaban J connectivity index is 1.37. The van der Waals surface area contributed by atoms with Crippen molar-refractivity contribution in [2.75, 3.05) is 31.1 Å². The van der Waals surface area contributed by atoms with E-state index in [9.17, 15) is 9.18 Å². The van der Waals surface area contributed by atoms with Crippen molar-refractivity contribution in [3.8, 4) is 0 Å². The highest BCUT2D eigenvalue weighted by Crippen LogP contribution is 2.38. The number of thiophene rings is 1. The number of hydrogen-bond acceptors (Lipinski definition) is 6. The maximum Gasteiger partial charge on any atom is 0.255 e. The number of carbonyl (C=O) groups excluding carboxylic acids is 1. The third kappa shape index (κ3) is 4.20. The molecule has 4 aromatic rings. The van der Waals surface area contributed by atoms with Gasteiger partial charge in [-0.2, -0.15) is 0 Å². The van der Waals surface area contributed by atoms with E-state index in [-0.39, 0.29) is 11.7 Å². The Hall–Kier alpha value is -2.97. The molecule has 8 heteroatoms. The van der Waals surface area contributed by atoms with Gasteiger partial charge in [-0.15, -0.1) is 11.3 Å². The lowest BCUT2D eigenvalue weighted by atomic mass is 10.1. The second kappa shape index (κ2) is 9.11. The van der Waals surface area contributed by atoms with E-state index >= 15 is 0 Å². The van der Waals surface area contributed by atoms with E-state index in [4.69, 9.17) is 0 Å². The highest BCUT2D eigenvalue weighted by molar-refractivity contribution is 7.99.